The molecular formula is C28H31BrN2O5S. The van der Waals surface area contributed by atoms with Crippen LogP contribution < -0.4 is 4.83 Å². The largest absolute Gasteiger partial charge is 0.464 e. The predicted octanol–water partition coefficient (Wildman–Crippen LogP) is 5.62. The average molecular weight is 588 g/mol. The summed E-state index contributed by atoms with van der Waals surface area (Å²) >= 11 is 3.63. The van der Waals surface area contributed by atoms with Gasteiger partial charge >= 0.3 is 5.97 Å². The number of ether oxygens (including phenoxy) is 2. The highest BCUT2D eigenvalue weighted by Gasteiger charge is 2.52. The van der Waals surface area contributed by atoms with E-state index in [2.05, 4.69) is 32.4 Å². The number of sulfonamides is 1. The molecule has 0 amide bonds. The van der Waals surface area contributed by atoms with Crippen molar-refractivity contribution in [1.29, 1.82) is 0 Å². The number of hydrogen-bond donors (Lipinski definition) is 1. The molecule has 0 bridgehead atoms. The number of nitrogens with zero attached hydrogens (tertiary/aromatic N) is 1. The van der Waals surface area contributed by atoms with Gasteiger partial charge in [0.15, 0.2) is 6.10 Å². The van der Waals surface area contributed by atoms with E-state index in [1.165, 1.54) is 0 Å². The van der Waals surface area contributed by atoms with Gasteiger partial charge in [0, 0.05) is 10.4 Å². The summed E-state index contributed by atoms with van der Waals surface area (Å²) in [6, 6.07) is 14.3. The second kappa shape index (κ2) is 10.9. The summed E-state index contributed by atoms with van der Waals surface area (Å²) in [5, 5.41) is 4.35. The van der Waals surface area contributed by atoms with Crippen molar-refractivity contribution < 1.29 is 22.7 Å². The molecule has 0 aromatic heterocycles. The lowest BCUT2D eigenvalue weighted by Crippen LogP contribution is -2.34. The van der Waals surface area contributed by atoms with Crippen LogP contribution in [0, 0.1) is 18.8 Å². The molecule has 1 N–H and O–H groups in total. The molecule has 7 nitrogen and oxygen atoms in total. The fourth-order valence-corrected chi connectivity index (χ4v) is 6.38. The first-order valence-electron chi connectivity index (χ1n) is 12.1. The Morgan fingerprint density at radius 2 is 1.86 bits per heavy atom. The van der Waals surface area contributed by atoms with Crippen LogP contribution in [-0.2, 0) is 24.3 Å². The van der Waals surface area contributed by atoms with Crippen molar-refractivity contribution in [2.24, 2.45) is 16.9 Å². The SMILES string of the molecule is C=C(C)[C@H]1C/C(=N\NS(=O)(=O)c2ccc(C)cc2)C(C)=C2[C@@H](C(=O)OCC)O[C@@H](c3ccccc3Br)[C@@H]21. The minimum atomic E-state index is -3.87. The lowest BCUT2D eigenvalue weighted by atomic mass is 9.68. The first-order valence-corrected chi connectivity index (χ1v) is 14.4. The molecule has 37 heavy (non-hydrogen) atoms. The topological polar surface area (TPSA) is 94.1 Å². The molecule has 1 aliphatic carbocycles. The summed E-state index contributed by atoms with van der Waals surface area (Å²) in [4.78, 5) is 15.6. The van der Waals surface area contributed by atoms with Gasteiger partial charge in [0.1, 0.15) is 0 Å². The van der Waals surface area contributed by atoms with Crippen LogP contribution in [0.15, 0.2) is 86.3 Å². The molecule has 1 aliphatic heterocycles. The molecule has 4 atom stereocenters. The number of carbonyl (C=O) groups is 1. The third-order valence-corrected chi connectivity index (χ3v) is 8.89. The second-order valence-electron chi connectivity index (χ2n) is 9.44. The van der Waals surface area contributed by atoms with Gasteiger partial charge in [-0.05, 0) is 74.9 Å². The van der Waals surface area contributed by atoms with Gasteiger partial charge in [-0.25, -0.2) is 4.79 Å². The zero-order chi connectivity index (χ0) is 26.9. The van der Waals surface area contributed by atoms with E-state index < -0.39 is 28.2 Å². The zero-order valence-corrected chi connectivity index (χ0v) is 23.7. The molecule has 0 saturated carbocycles. The molecule has 1 saturated heterocycles. The molecule has 196 valence electrons. The van der Waals surface area contributed by atoms with Gasteiger partial charge in [0.05, 0.1) is 23.3 Å². The van der Waals surface area contributed by atoms with Crippen LogP contribution in [0.25, 0.3) is 0 Å². The van der Waals surface area contributed by atoms with Crippen molar-refractivity contribution in [2.75, 3.05) is 6.61 Å². The number of hydrazone groups is 1. The lowest BCUT2D eigenvalue weighted by molar-refractivity contribution is -0.154. The van der Waals surface area contributed by atoms with E-state index >= 15 is 0 Å². The Balaban J connectivity index is 1.80. The van der Waals surface area contributed by atoms with E-state index in [4.69, 9.17) is 9.47 Å². The van der Waals surface area contributed by atoms with Gasteiger partial charge in [-0.2, -0.15) is 18.4 Å². The van der Waals surface area contributed by atoms with Crippen LogP contribution in [0.1, 0.15) is 44.4 Å². The van der Waals surface area contributed by atoms with Crippen molar-refractivity contribution in [2.45, 2.75) is 51.2 Å². The van der Waals surface area contributed by atoms with Gasteiger partial charge in [0.2, 0.25) is 0 Å². The summed E-state index contributed by atoms with van der Waals surface area (Å²) in [5.41, 5.74) is 4.80. The van der Waals surface area contributed by atoms with Crippen molar-refractivity contribution in [3.05, 3.63) is 87.4 Å². The number of esters is 1. The number of halogens is 1. The monoisotopic (exact) mass is 586 g/mol. The highest BCUT2D eigenvalue weighted by atomic mass is 79.9. The maximum Gasteiger partial charge on any atom is 0.339 e. The first kappa shape index (κ1) is 27.3. The van der Waals surface area contributed by atoms with E-state index in [1.807, 2.05) is 45.0 Å². The molecule has 4 rings (SSSR count). The van der Waals surface area contributed by atoms with Crippen molar-refractivity contribution in [3.63, 3.8) is 0 Å². The molecule has 2 aromatic carbocycles. The third kappa shape index (κ3) is 5.44. The van der Waals surface area contributed by atoms with Crippen molar-refractivity contribution in [3.8, 4) is 0 Å². The Hall–Kier alpha value is -2.75. The highest BCUT2D eigenvalue weighted by molar-refractivity contribution is 9.10. The fraction of sp³-hybridized carbons (Fsp3) is 0.357. The van der Waals surface area contributed by atoms with Crippen molar-refractivity contribution >= 4 is 37.6 Å². The van der Waals surface area contributed by atoms with E-state index in [0.717, 1.165) is 32.3 Å². The maximum absolute atomic E-state index is 13.1. The second-order valence-corrected chi connectivity index (χ2v) is 12.0. The smallest absolute Gasteiger partial charge is 0.339 e. The van der Waals surface area contributed by atoms with Crippen LogP contribution in [0.3, 0.4) is 0 Å². The van der Waals surface area contributed by atoms with Crippen LogP contribution in [-0.4, -0.2) is 32.8 Å². The molecule has 2 aliphatic rings. The van der Waals surface area contributed by atoms with Crippen molar-refractivity contribution in [1.82, 2.24) is 4.83 Å². The number of benzene rings is 2. The summed E-state index contributed by atoms with van der Waals surface area (Å²) in [6.45, 7) is 11.9. The Bertz CT molecular complexity index is 1380. The Kier molecular flexibility index (Phi) is 8.06. The number of nitrogens with one attached hydrogen (secondary N) is 1. The molecule has 9 heteroatoms. The van der Waals surface area contributed by atoms with E-state index in [9.17, 15) is 13.2 Å². The van der Waals surface area contributed by atoms with Crippen LogP contribution in [0.5, 0.6) is 0 Å². The third-order valence-electron chi connectivity index (χ3n) is 6.94. The standard InChI is InChI=1S/C28H31BrN2O5S/c1-6-35-28(32)27-24-18(5)23(30-31-37(33,34)19-13-11-17(4)12-14-19)15-21(16(2)3)25(24)26(36-27)20-9-7-8-10-22(20)29/h7-14,21,25-27,31H,2,6,15H2,1,3-5H3/b30-23+/t21-,25-,26+,27+/m1/s1. The summed E-state index contributed by atoms with van der Waals surface area (Å²) in [6.07, 6.45) is -0.892. The lowest BCUT2D eigenvalue weighted by Gasteiger charge is -2.35. The number of rotatable bonds is 7. The van der Waals surface area contributed by atoms with Gasteiger partial charge in [-0.15, -0.1) is 0 Å². The first-order chi connectivity index (χ1) is 17.5. The quantitative estimate of drug-likeness (QED) is 0.258. The summed E-state index contributed by atoms with van der Waals surface area (Å²) < 4.78 is 38.5. The maximum atomic E-state index is 13.1. The molecular weight excluding hydrogens is 556 g/mol. The molecule has 1 fully saturated rings. The van der Waals surface area contributed by atoms with E-state index in [1.54, 1.807) is 31.2 Å². The average Bonchev–Trinajstić information content (AvgIpc) is 3.25. The van der Waals surface area contributed by atoms with Gasteiger partial charge in [-0.3, -0.25) is 0 Å². The van der Waals surface area contributed by atoms with E-state index in [0.29, 0.717) is 12.1 Å². The van der Waals surface area contributed by atoms with Gasteiger partial charge in [0.25, 0.3) is 10.0 Å². The van der Waals surface area contributed by atoms with Gasteiger partial charge < -0.3 is 9.47 Å². The number of aryl methyl sites for hydroxylation is 1. The highest BCUT2D eigenvalue weighted by Crippen LogP contribution is 2.53. The molecule has 0 radical (unpaired) electrons. The Labute approximate surface area is 226 Å². The number of hydrogen-bond acceptors (Lipinski definition) is 6. The van der Waals surface area contributed by atoms with Crippen LogP contribution >= 0.6 is 15.9 Å². The number of allylic oxidation sites excluding steroid dienone is 2. The molecule has 1 heterocycles. The minimum Gasteiger partial charge on any atom is -0.464 e. The number of fused-ring (bicyclic) bond motifs is 1. The summed E-state index contributed by atoms with van der Waals surface area (Å²) in [5.74, 6) is -0.783. The van der Waals surface area contributed by atoms with E-state index in [-0.39, 0.29) is 23.3 Å². The zero-order valence-electron chi connectivity index (χ0n) is 21.3. The molecule has 0 unspecified atom stereocenters. The van der Waals surface area contributed by atoms with Crippen LogP contribution in [0.2, 0.25) is 0 Å². The fourth-order valence-electron chi connectivity index (χ4n) is 5.04. The molecule has 0 spiro atoms. The molecule has 2 aromatic rings. The van der Waals surface area contributed by atoms with Gasteiger partial charge in [-0.1, -0.05) is 64.0 Å². The summed E-state index contributed by atoms with van der Waals surface area (Å²) in [7, 11) is -3.87. The predicted molar refractivity (Wildman–Crippen MR) is 146 cm³/mol. The number of carbonyl (C=O) groups excluding carboxylic acids is 1. The normalized spacial score (nSPS) is 24.6. The van der Waals surface area contributed by atoms with Crippen LogP contribution in [0.4, 0.5) is 0 Å². The Morgan fingerprint density at radius 1 is 1.19 bits per heavy atom. The Morgan fingerprint density at radius 3 is 2.49 bits per heavy atom. The minimum absolute atomic E-state index is 0.125.